The van der Waals surface area contributed by atoms with E-state index in [2.05, 4.69) is 15.3 Å². The summed E-state index contributed by atoms with van der Waals surface area (Å²) in [6.45, 7) is 1.90. The maximum atomic E-state index is 11.9. The normalized spacial score (nSPS) is 10.7. The molecular weight excluding hydrogens is 302 g/mol. The number of pyridine rings is 1. The number of nitrogens with one attached hydrogen (secondary N) is 1. The Bertz CT molecular complexity index is 785. The number of rotatable bonds is 4. The van der Waals surface area contributed by atoms with Gasteiger partial charge in [0, 0.05) is 10.8 Å². The van der Waals surface area contributed by atoms with Gasteiger partial charge in [-0.1, -0.05) is 36.0 Å². The Morgan fingerprint density at radius 2 is 2.10 bits per heavy atom. The highest BCUT2D eigenvalue weighted by Gasteiger charge is 2.07. The van der Waals surface area contributed by atoms with Crippen molar-refractivity contribution in [1.82, 2.24) is 9.97 Å². The van der Waals surface area contributed by atoms with Gasteiger partial charge >= 0.3 is 0 Å². The molecule has 1 N–H and O–H groups in total. The predicted octanol–water partition coefficient (Wildman–Crippen LogP) is 3.73. The molecule has 0 bridgehead atoms. The fraction of sp³-hybridized carbons (Fsp3) is 0.133. The van der Waals surface area contributed by atoms with Gasteiger partial charge in [0.2, 0.25) is 5.91 Å². The van der Waals surface area contributed by atoms with Gasteiger partial charge < -0.3 is 5.32 Å². The molecule has 0 saturated heterocycles. The second-order valence-corrected chi connectivity index (χ2v) is 6.33. The summed E-state index contributed by atoms with van der Waals surface area (Å²) in [6, 6.07) is 11.9. The summed E-state index contributed by atoms with van der Waals surface area (Å²) >= 11 is 2.86. The minimum Gasteiger partial charge on any atom is -0.301 e. The van der Waals surface area contributed by atoms with Crippen molar-refractivity contribution in [3.05, 3.63) is 47.5 Å². The first-order chi connectivity index (χ1) is 10.2. The lowest BCUT2D eigenvalue weighted by Gasteiger charge is -2.03. The number of benzene rings is 1. The summed E-state index contributed by atoms with van der Waals surface area (Å²) in [5.41, 5.74) is 1.86. The highest BCUT2D eigenvalue weighted by molar-refractivity contribution is 7.99. The van der Waals surface area contributed by atoms with Crippen molar-refractivity contribution in [1.29, 1.82) is 0 Å². The number of fused-ring (bicyclic) bond motifs is 1. The first-order valence-electron chi connectivity index (χ1n) is 6.41. The van der Waals surface area contributed by atoms with Crippen LogP contribution in [0.15, 0.2) is 46.8 Å². The number of carbonyl (C=O) groups excluding carboxylic acids is 1. The largest absolute Gasteiger partial charge is 0.301 e. The number of anilines is 1. The molecule has 3 rings (SSSR count). The number of amides is 1. The molecule has 4 nitrogen and oxygen atoms in total. The van der Waals surface area contributed by atoms with Crippen molar-refractivity contribution in [3.8, 4) is 0 Å². The maximum absolute atomic E-state index is 11.9. The third kappa shape index (κ3) is 3.59. The van der Waals surface area contributed by atoms with Crippen LogP contribution in [0.5, 0.6) is 0 Å². The summed E-state index contributed by atoms with van der Waals surface area (Å²) in [5.74, 6) is 0.258. The topological polar surface area (TPSA) is 54.9 Å². The van der Waals surface area contributed by atoms with Crippen LogP contribution in [-0.2, 0) is 4.79 Å². The van der Waals surface area contributed by atoms with Crippen LogP contribution >= 0.6 is 23.1 Å². The third-order valence-corrected chi connectivity index (χ3v) is 4.59. The number of aromatic nitrogens is 2. The molecule has 0 aliphatic carbocycles. The zero-order chi connectivity index (χ0) is 14.7. The zero-order valence-electron chi connectivity index (χ0n) is 11.4. The van der Waals surface area contributed by atoms with Crippen molar-refractivity contribution >= 4 is 45.0 Å². The van der Waals surface area contributed by atoms with E-state index in [0.29, 0.717) is 10.9 Å². The minimum atomic E-state index is -0.0655. The lowest BCUT2D eigenvalue weighted by molar-refractivity contribution is -0.113. The molecule has 1 aromatic carbocycles. The highest BCUT2D eigenvalue weighted by atomic mass is 32.2. The Kier molecular flexibility index (Phi) is 4.17. The molecule has 0 radical (unpaired) electrons. The maximum Gasteiger partial charge on any atom is 0.236 e. The van der Waals surface area contributed by atoms with Gasteiger partial charge in [-0.2, -0.15) is 0 Å². The van der Waals surface area contributed by atoms with E-state index in [4.69, 9.17) is 0 Å². The van der Waals surface area contributed by atoms with E-state index in [9.17, 15) is 4.79 Å². The van der Waals surface area contributed by atoms with Gasteiger partial charge in [-0.3, -0.25) is 4.79 Å². The van der Waals surface area contributed by atoms with Crippen LogP contribution in [0.2, 0.25) is 0 Å². The first-order valence-corrected chi connectivity index (χ1v) is 8.28. The molecule has 1 amide bonds. The first kappa shape index (κ1) is 14.0. The number of thioether (sulfide) groups is 1. The molecule has 106 valence electrons. The Morgan fingerprint density at radius 3 is 2.90 bits per heavy atom. The Morgan fingerprint density at radius 1 is 1.24 bits per heavy atom. The van der Waals surface area contributed by atoms with E-state index >= 15 is 0 Å². The van der Waals surface area contributed by atoms with Crippen LogP contribution < -0.4 is 5.32 Å². The molecular formula is C15H13N3OS2. The Hall–Kier alpha value is -1.92. The van der Waals surface area contributed by atoms with E-state index in [1.165, 1.54) is 23.1 Å². The summed E-state index contributed by atoms with van der Waals surface area (Å²) < 4.78 is 0. The number of nitrogens with zero attached hydrogens (tertiary/aromatic N) is 2. The fourth-order valence-corrected chi connectivity index (χ4v) is 3.22. The number of hydrogen-bond donors (Lipinski definition) is 1. The average molecular weight is 315 g/mol. The van der Waals surface area contributed by atoms with Gasteiger partial charge in [-0.05, 0) is 19.1 Å². The fourth-order valence-electron chi connectivity index (χ4n) is 1.83. The molecule has 0 aliphatic rings. The average Bonchev–Trinajstić information content (AvgIpc) is 2.90. The lowest BCUT2D eigenvalue weighted by atomic mass is 10.2. The molecule has 21 heavy (non-hydrogen) atoms. The molecule has 0 fully saturated rings. The molecule has 3 aromatic rings. The molecule has 6 heteroatoms. The van der Waals surface area contributed by atoms with Crippen molar-refractivity contribution in [2.75, 3.05) is 11.1 Å². The highest BCUT2D eigenvalue weighted by Crippen LogP contribution is 2.20. The van der Waals surface area contributed by atoms with E-state index in [-0.39, 0.29) is 5.91 Å². The second-order valence-electron chi connectivity index (χ2n) is 4.47. The summed E-state index contributed by atoms with van der Waals surface area (Å²) in [4.78, 5) is 20.6. The standard InChI is InChI=1S/C15H13N3OS2/c1-10-8-21-15(16-10)18-13(19)9-20-14-7-6-11-4-2-3-5-12(11)17-14/h2-8H,9H2,1H3,(H,16,18,19). The number of aryl methyl sites for hydroxylation is 1. The molecule has 0 atom stereocenters. The molecule has 2 aromatic heterocycles. The van der Waals surface area contributed by atoms with Crippen LogP contribution in [-0.4, -0.2) is 21.6 Å². The summed E-state index contributed by atoms with van der Waals surface area (Å²) in [7, 11) is 0. The number of hydrogen-bond acceptors (Lipinski definition) is 5. The van der Waals surface area contributed by atoms with Crippen molar-refractivity contribution in [2.45, 2.75) is 11.9 Å². The van der Waals surface area contributed by atoms with Gasteiger partial charge in [-0.25, -0.2) is 9.97 Å². The van der Waals surface area contributed by atoms with Crippen LogP contribution in [0, 0.1) is 6.92 Å². The van der Waals surface area contributed by atoms with Crippen molar-refractivity contribution in [3.63, 3.8) is 0 Å². The molecule has 0 unspecified atom stereocenters. The third-order valence-electron chi connectivity index (χ3n) is 2.79. The quantitative estimate of drug-likeness (QED) is 0.745. The minimum absolute atomic E-state index is 0.0655. The van der Waals surface area contributed by atoms with Crippen molar-refractivity contribution in [2.24, 2.45) is 0 Å². The van der Waals surface area contributed by atoms with E-state index in [0.717, 1.165) is 21.6 Å². The summed E-state index contributed by atoms with van der Waals surface area (Å²) in [6.07, 6.45) is 0. The van der Waals surface area contributed by atoms with E-state index in [1.807, 2.05) is 48.7 Å². The number of para-hydroxylation sites is 1. The predicted molar refractivity (Wildman–Crippen MR) is 87.9 cm³/mol. The number of carbonyl (C=O) groups is 1. The Labute approximate surface area is 130 Å². The molecule has 2 heterocycles. The SMILES string of the molecule is Cc1csc(NC(=O)CSc2ccc3ccccc3n2)n1. The van der Waals surface area contributed by atoms with Crippen LogP contribution in [0.25, 0.3) is 10.9 Å². The smallest absolute Gasteiger partial charge is 0.236 e. The van der Waals surface area contributed by atoms with Crippen LogP contribution in [0.3, 0.4) is 0 Å². The second kappa shape index (κ2) is 6.24. The molecule has 0 aliphatic heterocycles. The Balaban J connectivity index is 1.61. The zero-order valence-corrected chi connectivity index (χ0v) is 13.0. The number of thiazole rings is 1. The van der Waals surface area contributed by atoms with E-state index < -0.39 is 0 Å². The van der Waals surface area contributed by atoms with Gasteiger partial charge in [0.15, 0.2) is 5.13 Å². The van der Waals surface area contributed by atoms with Gasteiger partial charge in [-0.15, -0.1) is 11.3 Å². The van der Waals surface area contributed by atoms with Crippen molar-refractivity contribution < 1.29 is 4.79 Å². The monoisotopic (exact) mass is 315 g/mol. The van der Waals surface area contributed by atoms with E-state index in [1.54, 1.807) is 0 Å². The van der Waals surface area contributed by atoms with Crippen LogP contribution in [0.1, 0.15) is 5.69 Å². The van der Waals surface area contributed by atoms with Gasteiger partial charge in [0.25, 0.3) is 0 Å². The van der Waals surface area contributed by atoms with Gasteiger partial charge in [0.05, 0.1) is 22.0 Å². The lowest BCUT2D eigenvalue weighted by Crippen LogP contribution is -2.13. The molecule has 0 saturated carbocycles. The van der Waals surface area contributed by atoms with Crippen LogP contribution in [0.4, 0.5) is 5.13 Å². The summed E-state index contributed by atoms with van der Waals surface area (Å²) in [5, 5.41) is 7.29. The van der Waals surface area contributed by atoms with Gasteiger partial charge in [0.1, 0.15) is 0 Å². The molecule has 0 spiro atoms.